The average molecular weight is 246 g/mol. The zero-order valence-electron chi connectivity index (χ0n) is 10.3. The molecule has 0 saturated heterocycles. The third kappa shape index (κ3) is 4.84. The molecule has 0 aromatic heterocycles. The highest BCUT2D eigenvalue weighted by molar-refractivity contribution is 5.85. The van der Waals surface area contributed by atoms with Crippen molar-refractivity contribution >= 4 is 17.9 Å². The number of ether oxygens (including phenoxy) is 2. The van der Waals surface area contributed by atoms with Gasteiger partial charge in [0.25, 0.3) is 0 Å². The first-order valence-electron chi connectivity index (χ1n) is 5.35. The number of carboxylic acid groups (broad SMARTS) is 1. The van der Waals surface area contributed by atoms with Gasteiger partial charge < -0.3 is 14.6 Å². The number of hydrogen-bond donors (Lipinski definition) is 1. The highest BCUT2D eigenvalue weighted by Crippen LogP contribution is 2.23. The number of hydrogen-bond acceptors (Lipinski definition) is 5. The summed E-state index contributed by atoms with van der Waals surface area (Å²) in [7, 11) is 2.35. The van der Waals surface area contributed by atoms with Crippen LogP contribution in [0.3, 0.4) is 0 Å². The van der Waals surface area contributed by atoms with Crippen molar-refractivity contribution in [1.82, 2.24) is 0 Å². The maximum absolute atomic E-state index is 11.5. The molecule has 0 radical (unpaired) electrons. The number of esters is 2. The van der Waals surface area contributed by atoms with Gasteiger partial charge in [0.05, 0.1) is 32.5 Å². The molecule has 0 aliphatic heterocycles. The van der Waals surface area contributed by atoms with Gasteiger partial charge in [-0.3, -0.25) is 14.4 Å². The molecule has 0 fully saturated rings. The Morgan fingerprint density at radius 3 is 2.06 bits per heavy atom. The van der Waals surface area contributed by atoms with E-state index >= 15 is 0 Å². The first-order chi connectivity index (χ1) is 7.97. The molecule has 0 spiro atoms. The summed E-state index contributed by atoms with van der Waals surface area (Å²) in [6.45, 7) is 1.81. The minimum Gasteiger partial charge on any atom is -0.481 e. The van der Waals surface area contributed by atoms with E-state index in [0.717, 1.165) is 7.11 Å². The molecule has 0 aromatic rings. The van der Waals surface area contributed by atoms with Gasteiger partial charge in [0.2, 0.25) is 0 Å². The molecule has 17 heavy (non-hydrogen) atoms. The van der Waals surface area contributed by atoms with Crippen molar-refractivity contribution in [3.63, 3.8) is 0 Å². The van der Waals surface area contributed by atoms with Crippen LogP contribution in [0.4, 0.5) is 0 Å². The van der Waals surface area contributed by atoms with Crippen molar-refractivity contribution in [3.05, 3.63) is 0 Å². The van der Waals surface area contributed by atoms with E-state index in [4.69, 9.17) is 5.11 Å². The normalized spacial score (nSPS) is 13.6. The van der Waals surface area contributed by atoms with Crippen LogP contribution in [0.15, 0.2) is 0 Å². The molecule has 0 bridgehead atoms. The Bertz CT molecular complexity index is 286. The number of aliphatic carboxylic acids is 1. The molecule has 0 aliphatic carbocycles. The minimum atomic E-state index is -1.11. The monoisotopic (exact) mass is 246 g/mol. The van der Waals surface area contributed by atoms with Gasteiger partial charge in [-0.15, -0.1) is 0 Å². The molecule has 0 aromatic carbocycles. The number of methoxy groups -OCH3 is 2. The molecule has 98 valence electrons. The topological polar surface area (TPSA) is 89.9 Å². The minimum absolute atomic E-state index is 0.278. The lowest BCUT2D eigenvalue weighted by molar-refractivity contribution is -0.160. The van der Waals surface area contributed by atoms with E-state index in [9.17, 15) is 14.4 Å². The molecule has 6 heteroatoms. The number of carbonyl (C=O) groups excluding carboxylic acids is 2. The summed E-state index contributed by atoms with van der Waals surface area (Å²) in [5.41, 5.74) is 0. The van der Waals surface area contributed by atoms with Crippen LogP contribution in [-0.4, -0.2) is 37.2 Å². The molecule has 0 saturated carbocycles. The fourth-order valence-electron chi connectivity index (χ4n) is 1.61. The van der Waals surface area contributed by atoms with E-state index in [0.29, 0.717) is 12.8 Å². The third-order valence-corrected chi connectivity index (χ3v) is 2.52. The molecule has 1 N–H and O–H groups in total. The Kier molecular flexibility index (Phi) is 6.93. The maximum atomic E-state index is 11.5. The summed E-state index contributed by atoms with van der Waals surface area (Å²) >= 11 is 0. The first-order valence-corrected chi connectivity index (χ1v) is 5.35. The smallest absolute Gasteiger partial charge is 0.310 e. The van der Waals surface area contributed by atoms with Crippen molar-refractivity contribution < 1.29 is 29.0 Å². The summed E-state index contributed by atoms with van der Waals surface area (Å²) in [4.78, 5) is 33.7. The van der Waals surface area contributed by atoms with Gasteiger partial charge in [-0.25, -0.2) is 0 Å². The van der Waals surface area contributed by atoms with Crippen molar-refractivity contribution in [2.45, 2.75) is 26.2 Å². The Morgan fingerprint density at radius 2 is 1.71 bits per heavy atom. The zero-order valence-corrected chi connectivity index (χ0v) is 10.3. The van der Waals surface area contributed by atoms with Crippen LogP contribution in [0, 0.1) is 11.8 Å². The second-order valence-corrected chi connectivity index (χ2v) is 3.64. The van der Waals surface area contributed by atoms with Gasteiger partial charge >= 0.3 is 17.9 Å². The van der Waals surface area contributed by atoms with E-state index in [1.807, 2.05) is 6.92 Å². The molecule has 0 amide bonds. The summed E-state index contributed by atoms with van der Waals surface area (Å²) in [5, 5.41) is 9.04. The summed E-state index contributed by atoms with van der Waals surface area (Å²) in [5.74, 6) is -4.35. The van der Waals surface area contributed by atoms with Crippen molar-refractivity contribution in [2.75, 3.05) is 14.2 Å². The fraction of sp³-hybridized carbons (Fsp3) is 0.727. The van der Waals surface area contributed by atoms with Crippen LogP contribution in [0.5, 0.6) is 0 Å². The highest BCUT2D eigenvalue weighted by Gasteiger charge is 2.35. The zero-order chi connectivity index (χ0) is 13.4. The molecule has 6 nitrogen and oxygen atoms in total. The van der Waals surface area contributed by atoms with Gasteiger partial charge in [0.15, 0.2) is 0 Å². The average Bonchev–Trinajstić information content (AvgIpc) is 2.31. The lowest BCUT2D eigenvalue weighted by Gasteiger charge is -2.20. The Balaban J connectivity index is 4.91. The standard InChI is InChI=1S/C11H18O6/c1-4-5-7(10(13)14)8(11(15)17-3)6-9(12)16-2/h7-8H,4-6H2,1-3H3,(H,13,14). The van der Waals surface area contributed by atoms with Crippen molar-refractivity contribution in [1.29, 1.82) is 0 Å². The van der Waals surface area contributed by atoms with Gasteiger partial charge in [0, 0.05) is 0 Å². The third-order valence-electron chi connectivity index (χ3n) is 2.52. The van der Waals surface area contributed by atoms with Crippen molar-refractivity contribution in [2.24, 2.45) is 11.8 Å². The fourth-order valence-corrected chi connectivity index (χ4v) is 1.61. The van der Waals surface area contributed by atoms with Crippen LogP contribution < -0.4 is 0 Å². The molecule has 0 aliphatic rings. The lowest BCUT2D eigenvalue weighted by Crippen LogP contribution is -2.33. The van der Waals surface area contributed by atoms with E-state index in [2.05, 4.69) is 9.47 Å². The number of carbonyl (C=O) groups is 3. The SMILES string of the molecule is CCCC(C(=O)O)C(CC(=O)OC)C(=O)OC. The van der Waals surface area contributed by atoms with E-state index < -0.39 is 29.7 Å². The van der Waals surface area contributed by atoms with E-state index in [-0.39, 0.29) is 6.42 Å². The van der Waals surface area contributed by atoms with Crippen LogP contribution in [0.2, 0.25) is 0 Å². The summed E-state index contributed by atoms with van der Waals surface area (Å²) in [6, 6.07) is 0. The van der Waals surface area contributed by atoms with Crippen LogP contribution in [-0.2, 0) is 23.9 Å². The first kappa shape index (κ1) is 15.4. The molecule has 0 rings (SSSR count). The van der Waals surface area contributed by atoms with Gasteiger partial charge in [-0.1, -0.05) is 13.3 Å². The van der Waals surface area contributed by atoms with Gasteiger partial charge in [-0.2, -0.15) is 0 Å². The molecule has 0 heterocycles. The predicted octanol–water partition coefficient (Wildman–Crippen LogP) is 0.840. The van der Waals surface area contributed by atoms with Crippen LogP contribution in [0.1, 0.15) is 26.2 Å². The Hall–Kier alpha value is -1.59. The van der Waals surface area contributed by atoms with Crippen molar-refractivity contribution in [3.8, 4) is 0 Å². The Labute approximate surface area is 99.9 Å². The van der Waals surface area contributed by atoms with Gasteiger partial charge in [0.1, 0.15) is 0 Å². The van der Waals surface area contributed by atoms with Crippen LogP contribution in [0.25, 0.3) is 0 Å². The predicted molar refractivity (Wildman–Crippen MR) is 58.2 cm³/mol. The second kappa shape index (κ2) is 7.65. The highest BCUT2D eigenvalue weighted by atomic mass is 16.5. The number of rotatable bonds is 7. The maximum Gasteiger partial charge on any atom is 0.310 e. The van der Waals surface area contributed by atoms with E-state index in [1.54, 1.807) is 0 Å². The summed E-state index contributed by atoms with van der Waals surface area (Å²) < 4.78 is 8.97. The van der Waals surface area contributed by atoms with E-state index in [1.165, 1.54) is 7.11 Å². The van der Waals surface area contributed by atoms with Gasteiger partial charge in [-0.05, 0) is 6.42 Å². The Morgan fingerprint density at radius 1 is 1.12 bits per heavy atom. The molecule has 2 atom stereocenters. The number of carboxylic acids is 1. The second-order valence-electron chi connectivity index (χ2n) is 3.64. The lowest BCUT2D eigenvalue weighted by atomic mass is 9.86. The van der Waals surface area contributed by atoms with Crippen LogP contribution >= 0.6 is 0 Å². The quantitative estimate of drug-likeness (QED) is 0.669. The summed E-state index contributed by atoms with van der Waals surface area (Å²) in [6.07, 6.45) is 0.637. The molecule has 2 unspecified atom stereocenters. The molecular formula is C11H18O6. The largest absolute Gasteiger partial charge is 0.481 e. The molecular weight excluding hydrogens is 228 g/mol.